The van der Waals surface area contributed by atoms with Gasteiger partial charge in [-0.2, -0.15) is 4.31 Å². The molecule has 0 aliphatic heterocycles. The van der Waals surface area contributed by atoms with Gasteiger partial charge in [0.25, 0.3) is 0 Å². The SMILES string of the molecule is CCC(C(=O)NC(C)C)N(Cc1ccccc1Cl)C(=O)CN(C)S(=O)(=O)c1ccc(Cl)cc1. The van der Waals surface area contributed by atoms with E-state index in [9.17, 15) is 18.0 Å². The van der Waals surface area contributed by atoms with Crippen molar-refractivity contribution in [3.05, 3.63) is 64.1 Å². The average molecular weight is 514 g/mol. The van der Waals surface area contributed by atoms with Gasteiger partial charge in [-0.1, -0.05) is 48.3 Å². The number of benzene rings is 2. The molecule has 0 aliphatic rings. The highest BCUT2D eigenvalue weighted by Gasteiger charge is 2.32. The van der Waals surface area contributed by atoms with Gasteiger partial charge in [0.15, 0.2) is 0 Å². The number of hydrogen-bond acceptors (Lipinski definition) is 4. The molecule has 0 fully saturated rings. The molecule has 0 saturated carbocycles. The standard InChI is InChI=1S/C23H29Cl2N3O4S/c1-5-21(23(30)26-16(2)3)28(14-17-8-6-7-9-20(17)25)22(29)15-27(4)33(31,32)19-12-10-18(24)11-13-19/h6-13,16,21H,5,14-15H2,1-4H3,(H,26,30). The maximum absolute atomic E-state index is 13.4. The molecule has 0 radical (unpaired) electrons. The molecular formula is C23H29Cl2N3O4S. The van der Waals surface area contributed by atoms with E-state index in [4.69, 9.17) is 23.2 Å². The zero-order valence-electron chi connectivity index (χ0n) is 19.1. The number of nitrogens with zero attached hydrogens (tertiary/aromatic N) is 2. The summed E-state index contributed by atoms with van der Waals surface area (Å²) in [4.78, 5) is 27.6. The summed E-state index contributed by atoms with van der Waals surface area (Å²) in [5.74, 6) is -0.822. The summed E-state index contributed by atoms with van der Waals surface area (Å²) < 4.78 is 26.9. The Bertz CT molecular complexity index is 1080. The first-order chi connectivity index (χ1) is 15.5. The van der Waals surface area contributed by atoms with Crippen LogP contribution >= 0.6 is 23.2 Å². The quantitative estimate of drug-likeness (QED) is 0.521. The Morgan fingerprint density at radius 1 is 1.03 bits per heavy atom. The van der Waals surface area contributed by atoms with Gasteiger partial charge in [-0.15, -0.1) is 0 Å². The monoisotopic (exact) mass is 513 g/mol. The van der Waals surface area contributed by atoms with Crippen molar-refractivity contribution in [3.8, 4) is 0 Å². The molecule has 33 heavy (non-hydrogen) atoms. The summed E-state index contributed by atoms with van der Waals surface area (Å²) in [6.45, 7) is 5.08. The van der Waals surface area contributed by atoms with Crippen LogP contribution in [0.15, 0.2) is 53.4 Å². The van der Waals surface area contributed by atoms with Crippen molar-refractivity contribution < 1.29 is 18.0 Å². The first kappa shape index (κ1) is 27.1. The minimum absolute atomic E-state index is 0.0180. The number of nitrogens with one attached hydrogen (secondary N) is 1. The summed E-state index contributed by atoms with van der Waals surface area (Å²) in [5, 5.41) is 3.69. The van der Waals surface area contributed by atoms with Crippen molar-refractivity contribution in [2.75, 3.05) is 13.6 Å². The van der Waals surface area contributed by atoms with Gasteiger partial charge in [-0.3, -0.25) is 9.59 Å². The predicted octanol–water partition coefficient (Wildman–Crippen LogP) is 3.95. The molecule has 10 heteroatoms. The fraction of sp³-hybridized carbons (Fsp3) is 0.391. The molecule has 2 amide bonds. The number of hydrogen-bond donors (Lipinski definition) is 1. The van der Waals surface area contributed by atoms with Crippen LogP contribution in [0.25, 0.3) is 0 Å². The minimum Gasteiger partial charge on any atom is -0.352 e. The van der Waals surface area contributed by atoms with Crippen LogP contribution in [0.5, 0.6) is 0 Å². The lowest BCUT2D eigenvalue weighted by molar-refractivity contribution is -0.141. The van der Waals surface area contributed by atoms with E-state index in [1.807, 2.05) is 13.8 Å². The Morgan fingerprint density at radius 3 is 2.18 bits per heavy atom. The van der Waals surface area contributed by atoms with Crippen LogP contribution in [-0.2, 0) is 26.2 Å². The molecule has 1 unspecified atom stereocenters. The van der Waals surface area contributed by atoms with E-state index in [1.54, 1.807) is 31.2 Å². The Hall–Kier alpha value is -2.13. The largest absolute Gasteiger partial charge is 0.352 e. The summed E-state index contributed by atoms with van der Waals surface area (Å²) in [6, 6.07) is 11.8. The van der Waals surface area contributed by atoms with Crippen molar-refractivity contribution in [2.45, 2.75) is 50.7 Å². The highest BCUT2D eigenvalue weighted by atomic mass is 35.5. The Balaban J connectivity index is 2.34. The second-order valence-electron chi connectivity index (χ2n) is 7.92. The molecule has 0 saturated heterocycles. The maximum Gasteiger partial charge on any atom is 0.243 e. The minimum atomic E-state index is -3.94. The number of carbonyl (C=O) groups excluding carboxylic acids is 2. The number of likely N-dealkylation sites (N-methyl/N-ethyl adjacent to an activating group) is 1. The molecule has 0 spiro atoms. The van der Waals surface area contributed by atoms with Gasteiger partial charge in [0.1, 0.15) is 6.04 Å². The Kier molecular flexibility index (Phi) is 9.72. The van der Waals surface area contributed by atoms with E-state index in [0.29, 0.717) is 22.0 Å². The molecule has 2 rings (SSSR count). The average Bonchev–Trinajstić information content (AvgIpc) is 2.74. The third kappa shape index (κ3) is 7.17. The van der Waals surface area contributed by atoms with E-state index in [1.165, 1.54) is 36.2 Å². The third-order valence-corrected chi connectivity index (χ3v) is 7.43. The zero-order valence-corrected chi connectivity index (χ0v) is 21.4. The van der Waals surface area contributed by atoms with E-state index in [0.717, 1.165) is 4.31 Å². The molecule has 0 bridgehead atoms. The number of carbonyl (C=O) groups is 2. The first-order valence-corrected chi connectivity index (χ1v) is 12.7. The first-order valence-electron chi connectivity index (χ1n) is 10.5. The summed E-state index contributed by atoms with van der Waals surface area (Å²) in [6.07, 6.45) is 0.350. The van der Waals surface area contributed by atoms with Crippen LogP contribution in [0.2, 0.25) is 10.0 Å². The van der Waals surface area contributed by atoms with Gasteiger partial charge in [0.05, 0.1) is 11.4 Å². The van der Waals surface area contributed by atoms with Crippen molar-refractivity contribution in [2.24, 2.45) is 0 Å². The van der Waals surface area contributed by atoms with E-state index in [-0.39, 0.29) is 23.4 Å². The number of rotatable bonds is 10. The van der Waals surface area contributed by atoms with Crippen molar-refractivity contribution in [1.29, 1.82) is 0 Å². The van der Waals surface area contributed by atoms with Gasteiger partial charge in [-0.05, 0) is 56.2 Å². The molecule has 0 heterocycles. The fourth-order valence-corrected chi connectivity index (χ4v) is 4.70. The second-order valence-corrected chi connectivity index (χ2v) is 10.8. The molecule has 0 aliphatic carbocycles. The fourth-order valence-electron chi connectivity index (χ4n) is 3.26. The van der Waals surface area contributed by atoms with Gasteiger partial charge in [0, 0.05) is 29.7 Å². The van der Waals surface area contributed by atoms with Gasteiger partial charge in [-0.25, -0.2) is 8.42 Å². The summed E-state index contributed by atoms with van der Waals surface area (Å²) >= 11 is 12.2. The number of amides is 2. The topological polar surface area (TPSA) is 86.8 Å². The maximum atomic E-state index is 13.4. The molecule has 180 valence electrons. The smallest absolute Gasteiger partial charge is 0.243 e. The molecular weight excluding hydrogens is 485 g/mol. The van der Waals surface area contributed by atoms with Crippen molar-refractivity contribution >= 4 is 45.0 Å². The van der Waals surface area contributed by atoms with Crippen LogP contribution in [0.4, 0.5) is 0 Å². The Morgan fingerprint density at radius 2 is 1.64 bits per heavy atom. The lowest BCUT2D eigenvalue weighted by Crippen LogP contribution is -2.52. The molecule has 7 nitrogen and oxygen atoms in total. The van der Waals surface area contributed by atoms with Gasteiger partial charge >= 0.3 is 0 Å². The second kappa shape index (κ2) is 11.8. The van der Waals surface area contributed by atoms with E-state index in [2.05, 4.69) is 5.32 Å². The summed E-state index contributed by atoms with van der Waals surface area (Å²) in [5.41, 5.74) is 0.659. The number of sulfonamides is 1. The predicted molar refractivity (Wildman–Crippen MR) is 131 cm³/mol. The lowest BCUT2D eigenvalue weighted by Gasteiger charge is -2.32. The molecule has 0 aromatic heterocycles. The van der Waals surface area contributed by atoms with E-state index < -0.39 is 28.5 Å². The Labute approximate surface area is 205 Å². The lowest BCUT2D eigenvalue weighted by atomic mass is 10.1. The molecule has 2 aromatic rings. The van der Waals surface area contributed by atoms with E-state index >= 15 is 0 Å². The van der Waals surface area contributed by atoms with Crippen molar-refractivity contribution in [3.63, 3.8) is 0 Å². The molecule has 1 atom stereocenters. The van der Waals surface area contributed by atoms with Crippen LogP contribution in [0.3, 0.4) is 0 Å². The van der Waals surface area contributed by atoms with Crippen LogP contribution in [-0.4, -0.2) is 55.1 Å². The van der Waals surface area contributed by atoms with Gasteiger partial charge in [0.2, 0.25) is 21.8 Å². The highest BCUT2D eigenvalue weighted by molar-refractivity contribution is 7.89. The third-order valence-electron chi connectivity index (χ3n) is 5.00. The highest BCUT2D eigenvalue weighted by Crippen LogP contribution is 2.21. The van der Waals surface area contributed by atoms with Crippen molar-refractivity contribution in [1.82, 2.24) is 14.5 Å². The van der Waals surface area contributed by atoms with Gasteiger partial charge < -0.3 is 10.2 Å². The number of halogens is 2. The normalized spacial score (nSPS) is 12.6. The zero-order chi connectivity index (χ0) is 24.8. The molecule has 2 aromatic carbocycles. The van der Waals surface area contributed by atoms with Crippen LogP contribution < -0.4 is 5.32 Å². The van der Waals surface area contributed by atoms with Crippen LogP contribution in [0.1, 0.15) is 32.8 Å². The molecule has 1 N–H and O–H groups in total. The summed E-state index contributed by atoms with van der Waals surface area (Å²) in [7, 11) is -2.61. The van der Waals surface area contributed by atoms with Crippen LogP contribution in [0, 0.1) is 0 Å².